The van der Waals surface area contributed by atoms with Gasteiger partial charge in [0.25, 0.3) is 0 Å². The van der Waals surface area contributed by atoms with Crippen molar-refractivity contribution in [3.05, 3.63) is 16.1 Å². The van der Waals surface area contributed by atoms with Crippen LogP contribution < -0.4 is 10.6 Å². The summed E-state index contributed by atoms with van der Waals surface area (Å²) in [6.45, 7) is 9.80. The van der Waals surface area contributed by atoms with Crippen LogP contribution in [0.3, 0.4) is 0 Å². The molecule has 5 nitrogen and oxygen atoms in total. The molecule has 0 spiro atoms. The Hall–Kier alpha value is -0.410. The van der Waals surface area contributed by atoms with Crippen molar-refractivity contribution in [2.75, 3.05) is 20.1 Å². The minimum atomic E-state index is 0. The summed E-state index contributed by atoms with van der Waals surface area (Å²) in [6, 6.07) is 1.38. The Labute approximate surface area is 185 Å². The van der Waals surface area contributed by atoms with Gasteiger partial charge in [-0.25, -0.2) is 4.98 Å². The fraction of sp³-hybridized carbons (Fsp3) is 0.800. The lowest BCUT2D eigenvalue weighted by Crippen LogP contribution is -2.50. The van der Waals surface area contributed by atoms with Crippen LogP contribution in [0.2, 0.25) is 0 Å². The van der Waals surface area contributed by atoms with Crippen LogP contribution in [0.5, 0.6) is 0 Å². The molecular weight excluding hydrogens is 469 g/mol. The Morgan fingerprint density at radius 3 is 2.44 bits per heavy atom. The molecule has 0 unspecified atom stereocenters. The summed E-state index contributed by atoms with van der Waals surface area (Å²) in [5.74, 6) is 0.900. The molecule has 3 rings (SSSR count). The standard InChI is InChI=1S/C20H35N5S.HI/c1-20(2,3)17-14-26-18(24-17)13-22-19(21-4)23-15-9-11-25(12-10-15)16-7-5-6-8-16;/h14-16H,5-13H2,1-4H3,(H2,21,22,23);1H. The second-order valence-corrected chi connectivity index (χ2v) is 9.64. The van der Waals surface area contributed by atoms with Gasteiger partial charge >= 0.3 is 0 Å². The number of thiazole rings is 1. The third kappa shape index (κ3) is 6.56. The van der Waals surface area contributed by atoms with Crippen LogP contribution in [-0.4, -0.2) is 48.1 Å². The number of likely N-dealkylation sites (tertiary alicyclic amines) is 1. The Kier molecular flexibility index (Phi) is 8.80. The molecule has 1 aromatic rings. The van der Waals surface area contributed by atoms with Crippen molar-refractivity contribution in [2.24, 2.45) is 4.99 Å². The van der Waals surface area contributed by atoms with Crippen molar-refractivity contribution in [3.8, 4) is 0 Å². The number of hydrogen-bond donors (Lipinski definition) is 2. The molecule has 0 amide bonds. The van der Waals surface area contributed by atoms with Crippen molar-refractivity contribution >= 4 is 41.3 Å². The molecule has 0 bridgehead atoms. The lowest BCUT2D eigenvalue weighted by molar-refractivity contribution is 0.150. The molecule has 154 valence electrons. The highest BCUT2D eigenvalue weighted by atomic mass is 127. The highest BCUT2D eigenvalue weighted by Crippen LogP contribution is 2.26. The van der Waals surface area contributed by atoms with Gasteiger partial charge in [0.1, 0.15) is 5.01 Å². The van der Waals surface area contributed by atoms with E-state index in [9.17, 15) is 0 Å². The Morgan fingerprint density at radius 2 is 1.89 bits per heavy atom. The van der Waals surface area contributed by atoms with Gasteiger partial charge in [-0.05, 0) is 25.7 Å². The monoisotopic (exact) mass is 505 g/mol. The van der Waals surface area contributed by atoms with Crippen LogP contribution in [0.15, 0.2) is 10.4 Å². The second kappa shape index (κ2) is 10.4. The molecule has 27 heavy (non-hydrogen) atoms. The second-order valence-electron chi connectivity index (χ2n) is 8.70. The van der Waals surface area contributed by atoms with Crippen LogP contribution in [0.1, 0.15) is 70.0 Å². The van der Waals surface area contributed by atoms with Gasteiger partial charge in [-0.15, -0.1) is 35.3 Å². The quantitative estimate of drug-likeness (QED) is 0.367. The lowest BCUT2D eigenvalue weighted by Gasteiger charge is -2.36. The number of aliphatic imine (C=N–C) groups is 1. The van der Waals surface area contributed by atoms with E-state index in [1.54, 1.807) is 11.3 Å². The Balaban J connectivity index is 0.00000261. The maximum absolute atomic E-state index is 4.76. The molecule has 0 aromatic carbocycles. The first-order valence-electron chi connectivity index (χ1n) is 10.1. The summed E-state index contributed by atoms with van der Waals surface area (Å²) in [6.07, 6.45) is 8.09. The van der Waals surface area contributed by atoms with Crippen LogP contribution in [0, 0.1) is 0 Å². The van der Waals surface area contributed by atoms with Gasteiger partial charge in [0.15, 0.2) is 5.96 Å². The van der Waals surface area contributed by atoms with Gasteiger partial charge in [-0.2, -0.15) is 0 Å². The molecule has 7 heteroatoms. The van der Waals surface area contributed by atoms with Gasteiger partial charge in [0, 0.05) is 43.0 Å². The third-order valence-corrected chi connectivity index (χ3v) is 6.51. The maximum Gasteiger partial charge on any atom is 0.191 e. The number of nitrogens with one attached hydrogen (secondary N) is 2. The lowest BCUT2D eigenvalue weighted by atomic mass is 9.93. The fourth-order valence-electron chi connectivity index (χ4n) is 3.96. The van der Waals surface area contributed by atoms with Crippen LogP contribution in [-0.2, 0) is 12.0 Å². The Bertz CT molecular complexity index is 596. The molecule has 1 aliphatic heterocycles. The molecule has 2 heterocycles. The van der Waals surface area contributed by atoms with E-state index in [2.05, 4.69) is 46.7 Å². The number of rotatable bonds is 4. The molecule has 2 fully saturated rings. The van der Waals surface area contributed by atoms with E-state index < -0.39 is 0 Å². The summed E-state index contributed by atoms with van der Waals surface area (Å²) in [7, 11) is 1.85. The van der Waals surface area contributed by atoms with E-state index in [1.165, 1.54) is 57.3 Å². The van der Waals surface area contributed by atoms with Crippen molar-refractivity contribution in [1.82, 2.24) is 20.5 Å². The largest absolute Gasteiger partial charge is 0.354 e. The van der Waals surface area contributed by atoms with Crippen molar-refractivity contribution in [1.29, 1.82) is 0 Å². The highest BCUT2D eigenvalue weighted by molar-refractivity contribution is 14.0. The molecule has 2 aliphatic rings. The van der Waals surface area contributed by atoms with Crippen LogP contribution >= 0.6 is 35.3 Å². The smallest absolute Gasteiger partial charge is 0.191 e. The summed E-state index contributed by atoms with van der Waals surface area (Å²) in [5, 5.41) is 10.3. The number of hydrogen-bond acceptors (Lipinski definition) is 4. The first kappa shape index (κ1) is 22.9. The molecule has 1 saturated carbocycles. The zero-order valence-electron chi connectivity index (χ0n) is 17.3. The van der Waals surface area contributed by atoms with E-state index >= 15 is 0 Å². The highest BCUT2D eigenvalue weighted by Gasteiger charge is 2.27. The zero-order valence-corrected chi connectivity index (χ0v) is 20.4. The third-order valence-electron chi connectivity index (χ3n) is 5.66. The topological polar surface area (TPSA) is 52.6 Å². The van der Waals surface area contributed by atoms with Gasteiger partial charge in [-0.3, -0.25) is 4.99 Å². The number of halogens is 1. The fourth-order valence-corrected chi connectivity index (χ4v) is 4.92. The normalized spacial score (nSPS) is 20.5. The van der Waals surface area contributed by atoms with E-state index in [0.717, 1.165) is 23.6 Å². The average Bonchev–Trinajstić information content (AvgIpc) is 3.30. The van der Waals surface area contributed by atoms with Crippen LogP contribution in [0.4, 0.5) is 0 Å². The molecule has 0 radical (unpaired) electrons. The minimum absolute atomic E-state index is 0. The number of nitrogens with zero attached hydrogens (tertiary/aromatic N) is 3. The van der Waals surface area contributed by atoms with Crippen molar-refractivity contribution in [2.45, 2.75) is 83.3 Å². The summed E-state index contributed by atoms with van der Waals surface area (Å²) in [4.78, 5) is 11.9. The predicted octanol–water partition coefficient (Wildman–Crippen LogP) is 4.13. The molecule has 0 atom stereocenters. The molecule has 2 N–H and O–H groups in total. The first-order chi connectivity index (χ1) is 12.5. The Morgan fingerprint density at radius 1 is 1.22 bits per heavy atom. The van der Waals surface area contributed by atoms with E-state index in [1.807, 2.05) is 7.05 Å². The van der Waals surface area contributed by atoms with Gasteiger partial charge in [-0.1, -0.05) is 33.6 Å². The number of guanidine groups is 1. The van der Waals surface area contributed by atoms with E-state index in [4.69, 9.17) is 4.98 Å². The summed E-state index contributed by atoms with van der Waals surface area (Å²) < 4.78 is 0. The predicted molar refractivity (Wildman–Crippen MR) is 126 cm³/mol. The van der Waals surface area contributed by atoms with Crippen molar-refractivity contribution in [3.63, 3.8) is 0 Å². The minimum Gasteiger partial charge on any atom is -0.354 e. The zero-order chi connectivity index (χ0) is 18.6. The number of aromatic nitrogens is 1. The average molecular weight is 506 g/mol. The maximum atomic E-state index is 4.76. The molecule has 1 saturated heterocycles. The van der Waals surface area contributed by atoms with Crippen molar-refractivity contribution < 1.29 is 0 Å². The number of piperidine rings is 1. The molecular formula is C20H36IN5S. The first-order valence-corrected chi connectivity index (χ1v) is 11.0. The van der Waals surface area contributed by atoms with Gasteiger partial charge in [0.2, 0.25) is 0 Å². The SMILES string of the molecule is CN=C(NCc1nc(C(C)(C)C)cs1)NC1CCN(C2CCCC2)CC1.I. The molecule has 1 aromatic heterocycles. The van der Waals surface area contributed by atoms with Gasteiger partial charge < -0.3 is 15.5 Å². The van der Waals surface area contributed by atoms with E-state index in [0.29, 0.717) is 6.04 Å². The van der Waals surface area contributed by atoms with E-state index in [-0.39, 0.29) is 29.4 Å². The summed E-state index contributed by atoms with van der Waals surface area (Å²) in [5.41, 5.74) is 1.28. The van der Waals surface area contributed by atoms with Crippen LogP contribution in [0.25, 0.3) is 0 Å². The van der Waals surface area contributed by atoms with Gasteiger partial charge in [0.05, 0.1) is 12.2 Å². The summed E-state index contributed by atoms with van der Waals surface area (Å²) >= 11 is 1.73. The molecule has 1 aliphatic carbocycles.